The van der Waals surface area contributed by atoms with E-state index in [2.05, 4.69) is 15.2 Å². The summed E-state index contributed by atoms with van der Waals surface area (Å²) in [6.07, 6.45) is 3.56. The highest BCUT2D eigenvalue weighted by Gasteiger charge is 2.23. The van der Waals surface area contributed by atoms with E-state index >= 15 is 0 Å². The Balaban J connectivity index is 1.28. The molecule has 8 heteroatoms. The number of hydrogen-bond donors (Lipinski definition) is 0. The van der Waals surface area contributed by atoms with Crippen LogP contribution in [-0.2, 0) is 11.3 Å². The number of benzene rings is 1. The van der Waals surface area contributed by atoms with Gasteiger partial charge in [-0.05, 0) is 37.5 Å². The summed E-state index contributed by atoms with van der Waals surface area (Å²) in [5, 5.41) is 3.12. The third-order valence-electron chi connectivity index (χ3n) is 6.10. The lowest BCUT2D eigenvalue weighted by Gasteiger charge is -2.35. The summed E-state index contributed by atoms with van der Waals surface area (Å²) < 4.78 is 10.7. The van der Waals surface area contributed by atoms with Gasteiger partial charge in [0.2, 0.25) is 5.91 Å². The zero-order valence-corrected chi connectivity index (χ0v) is 19.3. The molecule has 4 rings (SSSR count). The van der Waals surface area contributed by atoms with E-state index in [0.29, 0.717) is 18.2 Å². The first-order valence-electron chi connectivity index (χ1n) is 11.1. The van der Waals surface area contributed by atoms with E-state index in [1.165, 1.54) is 6.42 Å². The van der Waals surface area contributed by atoms with Crippen LogP contribution in [0.25, 0.3) is 10.6 Å². The molecule has 1 aromatic heterocycles. The first-order chi connectivity index (χ1) is 15.2. The van der Waals surface area contributed by atoms with Crippen molar-refractivity contribution in [2.75, 3.05) is 60.0 Å². The van der Waals surface area contributed by atoms with Crippen LogP contribution in [0.2, 0.25) is 0 Å². The number of likely N-dealkylation sites (tertiary alicyclic amines) is 1. The summed E-state index contributed by atoms with van der Waals surface area (Å²) in [7, 11) is 3.29. The molecule has 2 fully saturated rings. The molecule has 0 unspecified atom stereocenters. The minimum absolute atomic E-state index is 0.298. The minimum atomic E-state index is 0.298. The fourth-order valence-electron chi connectivity index (χ4n) is 4.25. The van der Waals surface area contributed by atoms with Gasteiger partial charge in [0.25, 0.3) is 0 Å². The Bertz CT molecular complexity index is 873. The van der Waals surface area contributed by atoms with E-state index < -0.39 is 0 Å². The molecule has 0 atom stereocenters. The number of carbonyl (C=O) groups is 1. The fraction of sp³-hybridized carbons (Fsp3) is 0.565. The van der Waals surface area contributed by atoms with Gasteiger partial charge >= 0.3 is 0 Å². The van der Waals surface area contributed by atoms with E-state index in [1.807, 2.05) is 23.1 Å². The average molecular weight is 445 g/mol. The van der Waals surface area contributed by atoms with Gasteiger partial charge in [-0.15, -0.1) is 11.3 Å². The zero-order chi connectivity index (χ0) is 21.6. The molecule has 2 aliphatic rings. The van der Waals surface area contributed by atoms with Crippen molar-refractivity contribution < 1.29 is 14.3 Å². The molecule has 2 aromatic rings. The maximum Gasteiger partial charge on any atom is 0.236 e. The summed E-state index contributed by atoms with van der Waals surface area (Å²) in [5.41, 5.74) is 2.13. The lowest BCUT2D eigenvalue weighted by Crippen LogP contribution is -2.50. The Morgan fingerprint density at radius 3 is 2.39 bits per heavy atom. The van der Waals surface area contributed by atoms with Gasteiger partial charge in [-0.2, -0.15) is 0 Å². The SMILES string of the molecule is COc1ccc(-c2nc(CN3CCN(CC(=O)N4CCCCC4)CC3)cs2)cc1OC. The van der Waals surface area contributed by atoms with Crippen LogP contribution in [-0.4, -0.2) is 85.6 Å². The minimum Gasteiger partial charge on any atom is -0.493 e. The first-order valence-corrected chi connectivity index (χ1v) is 11.9. The molecule has 2 aliphatic heterocycles. The molecule has 3 heterocycles. The van der Waals surface area contributed by atoms with Gasteiger partial charge in [0.1, 0.15) is 5.01 Å². The molecule has 7 nitrogen and oxygen atoms in total. The second kappa shape index (κ2) is 10.4. The lowest BCUT2D eigenvalue weighted by molar-refractivity contribution is -0.133. The van der Waals surface area contributed by atoms with Crippen LogP contribution in [0.3, 0.4) is 0 Å². The number of piperazine rings is 1. The summed E-state index contributed by atoms with van der Waals surface area (Å²) in [6.45, 7) is 7.09. The number of hydrogen-bond acceptors (Lipinski definition) is 7. The van der Waals surface area contributed by atoms with Gasteiger partial charge in [0, 0.05) is 56.8 Å². The molecule has 168 valence electrons. The predicted molar refractivity (Wildman–Crippen MR) is 123 cm³/mol. The third kappa shape index (κ3) is 5.56. The number of piperidine rings is 1. The van der Waals surface area contributed by atoms with Crippen molar-refractivity contribution in [3.05, 3.63) is 29.3 Å². The monoisotopic (exact) mass is 444 g/mol. The van der Waals surface area contributed by atoms with Crippen molar-refractivity contribution in [3.63, 3.8) is 0 Å². The Morgan fingerprint density at radius 1 is 0.968 bits per heavy atom. The largest absolute Gasteiger partial charge is 0.493 e. The normalized spacial score (nSPS) is 18.2. The number of rotatable bonds is 7. The third-order valence-corrected chi connectivity index (χ3v) is 7.04. The maximum absolute atomic E-state index is 12.5. The highest BCUT2D eigenvalue weighted by atomic mass is 32.1. The predicted octanol–water partition coefficient (Wildman–Crippen LogP) is 2.96. The molecular formula is C23H32N4O3S. The average Bonchev–Trinajstić information content (AvgIpc) is 3.29. The zero-order valence-electron chi connectivity index (χ0n) is 18.5. The molecule has 31 heavy (non-hydrogen) atoms. The fourth-order valence-corrected chi connectivity index (χ4v) is 5.06. The number of amides is 1. The summed E-state index contributed by atoms with van der Waals surface area (Å²) in [4.78, 5) is 24.1. The Morgan fingerprint density at radius 2 is 1.68 bits per heavy atom. The van der Waals surface area contributed by atoms with E-state index in [1.54, 1.807) is 25.6 Å². The summed E-state index contributed by atoms with van der Waals surface area (Å²) in [5.74, 6) is 1.74. The van der Waals surface area contributed by atoms with Crippen molar-refractivity contribution in [1.82, 2.24) is 19.7 Å². The number of thiazole rings is 1. The van der Waals surface area contributed by atoms with Crippen LogP contribution in [0.4, 0.5) is 0 Å². The smallest absolute Gasteiger partial charge is 0.236 e. The molecule has 0 aliphatic carbocycles. The van der Waals surface area contributed by atoms with Crippen LogP contribution in [0, 0.1) is 0 Å². The number of nitrogens with zero attached hydrogens (tertiary/aromatic N) is 4. The first kappa shape index (κ1) is 22.0. The quantitative estimate of drug-likeness (QED) is 0.655. The van der Waals surface area contributed by atoms with Crippen molar-refractivity contribution in [2.24, 2.45) is 0 Å². The number of carbonyl (C=O) groups excluding carboxylic acids is 1. The van der Waals surface area contributed by atoms with Crippen molar-refractivity contribution in [1.29, 1.82) is 0 Å². The van der Waals surface area contributed by atoms with E-state index in [4.69, 9.17) is 14.5 Å². The van der Waals surface area contributed by atoms with Crippen LogP contribution in [0.15, 0.2) is 23.6 Å². The molecule has 0 spiro atoms. The van der Waals surface area contributed by atoms with Gasteiger partial charge in [-0.3, -0.25) is 14.6 Å². The molecule has 0 bridgehead atoms. The van der Waals surface area contributed by atoms with Crippen LogP contribution in [0.1, 0.15) is 25.0 Å². The van der Waals surface area contributed by atoms with Gasteiger partial charge in [0.05, 0.1) is 26.5 Å². The molecule has 0 N–H and O–H groups in total. The van der Waals surface area contributed by atoms with Gasteiger partial charge in [-0.1, -0.05) is 0 Å². The molecule has 1 amide bonds. The Kier molecular flexibility index (Phi) is 7.42. The standard InChI is InChI=1S/C23H32N4O3S/c1-29-20-7-6-18(14-21(20)30-2)23-24-19(17-31-23)15-25-10-12-26(13-11-25)16-22(28)27-8-4-3-5-9-27/h6-7,14,17H,3-5,8-13,15-16H2,1-2H3. The second-order valence-corrected chi connectivity index (χ2v) is 9.07. The van der Waals surface area contributed by atoms with Gasteiger partial charge in [0.15, 0.2) is 11.5 Å². The van der Waals surface area contributed by atoms with Gasteiger partial charge in [-0.25, -0.2) is 4.98 Å². The second-order valence-electron chi connectivity index (χ2n) is 8.21. The number of methoxy groups -OCH3 is 2. The Labute approximate surface area is 188 Å². The molecule has 0 saturated carbocycles. The van der Waals surface area contributed by atoms with Crippen molar-refractivity contribution in [3.8, 4) is 22.1 Å². The van der Waals surface area contributed by atoms with Crippen molar-refractivity contribution >= 4 is 17.2 Å². The highest BCUT2D eigenvalue weighted by molar-refractivity contribution is 7.13. The Hall–Kier alpha value is -2.16. The van der Waals surface area contributed by atoms with Crippen LogP contribution >= 0.6 is 11.3 Å². The number of ether oxygens (including phenoxy) is 2. The van der Waals surface area contributed by atoms with E-state index in [-0.39, 0.29) is 0 Å². The van der Waals surface area contributed by atoms with Gasteiger partial charge < -0.3 is 14.4 Å². The van der Waals surface area contributed by atoms with E-state index in [0.717, 1.165) is 80.7 Å². The summed E-state index contributed by atoms with van der Waals surface area (Å²) >= 11 is 1.65. The van der Waals surface area contributed by atoms with Crippen LogP contribution < -0.4 is 9.47 Å². The number of aromatic nitrogens is 1. The van der Waals surface area contributed by atoms with Crippen molar-refractivity contribution in [2.45, 2.75) is 25.8 Å². The molecular weight excluding hydrogens is 412 g/mol. The maximum atomic E-state index is 12.5. The molecule has 1 aromatic carbocycles. The van der Waals surface area contributed by atoms with Crippen LogP contribution in [0.5, 0.6) is 11.5 Å². The highest BCUT2D eigenvalue weighted by Crippen LogP contribution is 2.33. The van der Waals surface area contributed by atoms with E-state index in [9.17, 15) is 4.79 Å². The lowest BCUT2D eigenvalue weighted by atomic mass is 10.1. The molecule has 2 saturated heterocycles. The topological polar surface area (TPSA) is 58.1 Å². The molecule has 0 radical (unpaired) electrons. The summed E-state index contributed by atoms with van der Waals surface area (Å²) in [6, 6.07) is 5.90.